The van der Waals surface area contributed by atoms with E-state index in [1.165, 1.54) is 4.68 Å². The largest absolute Gasteiger partial charge is 0.346 e. The van der Waals surface area contributed by atoms with E-state index in [-0.39, 0.29) is 10.6 Å². The number of rotatable bonds is 6. The minimum absolute atomic E-state index is 0.223. The number of hydrogen-bond donors (Lipinski definition) is 1. The van der Waals surface area contributed by atoms with E-state index in [1.54, 1.807) is 6.20 Å². The zero-order valence-electron chi connectivity index (χ0n) is 12.2. The van der Waals surface area contributed by atoms with Gasteiger partial charge in [0.1, 0.15) is 0 Å². The third-order valence-corrected chi connectivity index (χ3v) is 5.34. The Morgan fingerprint density at radius 1 is 1.19 bits per heavy atom. The number of benzene rings is 1. The molecule has 0 unspecified atom stereocenters. The molecule has 2 aromatic rings. The lowest BCUT2D eigenvalue weighted by Crippen LogP contribution is -2.23. The Kier molecular flexibility index (Phi) is 6.20. The lowest BCUT2D eigenvalue weighted by molar-refractivity contribution is 0.250. The predicted molar refractivity (Wildman–Crippen MR) is 92.1 cm³/mol. The topological polar surface area (TPSA) is 46.9 Å². The fraction of sp³-hybridized carbons (Fsp3) is 0.333. The van der Waals surface area contributed by atoms with Crippen molar-refractivity contribution in [2.45, 2.75) is 18.4 Å². The van der Waals surface area contributed by atoms with Crippen LogP contribution < -0.4 is 5.32 Å². The van der Waals surface area contributed by atoms with Crippen molar-refractivity contribution in [2.75, 3.05) is 16.8 Å². The summed E-state index contributed by atoms with van der Waals surface area (Å²) in [7, 11) is 0. The van der Waals surface area contributed by atoms with Crippen LogP contribution in [0.1, 0.15) is 24.1 Å². The van der Waals surface area contributed by atoms with Gasteiger partial charge in [0.2, 0.25) is 0 Å². The third kappa shape index (κ3) is 4.28. The van der Waals surface area contributed by atoms with Crippen LogP contribution in [0.4, 0.5) is 10.5 Å². The Bertz CT molecular complexity index is 565. The van der Waals surface area contributed by atoms with E-state index in [1.807, 2.05) is 59.9 Å². The molecule has 21 heavy (non-hydrogen) atoms. The molecular formula is C15H19N3OS2. The van der Waals surface area contributed by atoms with Crippen LogP contribution in [0.25, 0.3) is 0 Å². The molecule has 112 valence electrons. The number of nitrogens with one attached hydrogen (secondary N) is 1. The highest BCUT2D eigenvalue weighted by atomic mass is 32.2. The maximum absolute atomic E-state index is 12.4. The molecule has 1 N–H and O–H groups in total. The van der Waals surface area contributed by atoms with E-state index < -0.39 is 0 Å². The van der Waals surface area contributed by atoms with Crippen molar-refractivity contribution in [2.24, 2.45) is 0 Å². The van der Waals surface area contributed by atoms with Crippen molar-refractivity contribution in [1.29, 1.82) is 0 Å². The summed E-state index contributed by atoms with van der Waals surface area (Å²) in [4.78, 5) is 12.4. The van der Waals surface area contributed by atoms with E-state index in [9.17, 15) is 4.79 Å². The molecule has 2 rings (SSSR count). The quantitative estimate of drug-likeness (QED) is 0.798. The van der Waals surface area contributed by atoms with Crippen molar-refractivity contribution in [1.82, 2.24) is 9.78 Å². The van der Waals surface area contributed by atoms with E-state index in [2.05, 4.69) is 24.3 Å². The second-order valence-corrected chi connectivity index (χ2v) is 7.27. The van der Waals surface area contributed by atoms with Crippen molar-refractivity contribution >= 4 is 35.2 Å². The van der Waals surface area contributed by atoms with Crippen LogP contribution in [-0.4, -0.2) is 27.3 Å². The smallest absolute Gasteiger partial charge is 0.306 e. The zero-order chi connectivity index (χ0) is 15.1. The molecule has 0 aliphatic heterocycles. The minimum Gasteiger partial charge on any atom is -0.306 e. The lowest BCUT2D eigenvalue weighted by atomic mass is 10.3. The number of thioether (sulfide) groups is 2. The molecule has 0 atom stereocenters. The van der Waals surface area contributed by atoms with Gasteiger partial charge in [-0.05, 0) is 29.7 Å². The van der Waals surface area contributed by atoms with Gasteiger partial charge in [-0.15, -0.1) is 23.5 Å². The van der Waals surface area contributed by atoms with Crippen molar-refractivity contribution in [3.63, 3.8) is 0 Å². The molecule has 0 fully saturated rings. The molecule has 0 aliphatic rings. The maximum Gasteiger partial charge on any atom is 0.346 e. The first-order valence-corrected chi connectivity index (χ1v) is 8.99. The fourth-order valence-electron chi connectivity index (χ4n) is 1.88. The van der Waals surface area contributed by atoms with Gasteiger partial charge in [-0.3, -0.25) is 0 Å². The third-order valence-electron chi connectivity index (χ3n) is 2.77. The SMILES string of the molecule is CCSC(SCC)c1ccnn1C(=O)Nc1ccccc1. The van der Waals surface area contributed by atoms with Crippen LogP contribution in [0.2, 0.25) is 0 Å². The average molecular weight is 321 g/mol. The molecule has 0 bridgehead atoms. The molecule has 6 heteroatoms. The Balaban J connectivity index is 2.16. The number of amides is 1. The highest BCUT2D eigenvalue weighted by molar-refractivity contribution is 8.16. The standard InChI is InChI=1S/C15H19N3OS2/c1-3-20-14(21-4-2)13-10-11-16-18(13)15(19)17-12-8-6-5-7-9-12/h5-11,14H,3-4H2,1-2H3,(H,17,19). The number of aromatic nitrogens is 2. The Morgan fingerprint density at radius 3 is 2.48 bits per heavy atom. The molecule has 4 nitrogen and oxygen atoms in total. The highest BCUT2D eigenvalue weighted by Crippen LogP contribution is 2.38. The first-order valence-electron chi connectivity index (χ1n) is 6.89. The van der Waals surface area contributed by atoms with Crippen LogP contribution >= 0.6 is 23.5 Å². The van der Waals surface area contributed by atoms with Crippen LogP contribution in [0.5, 0.6) is 0 Å². The summed E-state index contributed by atoms with van der Waals surface area (Å²) in [6.07, 6.45) is 1.68. The summed E-state index contributed by atoms with van der Waals surface area (Å²) < 4.78 is 1.69. The molecule has 0 saturated carbocycles. The first kappa shape index (κ1) is 16.0. The molecule has 1 aromatic carbocycles. The number of nitrogens with zero attached hydrogens (tertiary/aromatic N) is 2. The first-order chi connectivity index (χ1) is 10.3. The monoisotopic (exact) mass is 321 g/mol. The predicted octanol–water partition coefficient (Wildman–Crippen LogP) is 4.47. The number of hydrogen-bond acceptors (Lipinski definition) is 4. The minimum atomic E-state index is -0.223. The normalized spacial score (nSPS) is 10.8. The van der Waals surface area contributed by atoms with Gasteiger partial charge in [0.15, 0.2) is 0 Å². The van der Waals surface area contributed by atoms with Crippen LogP contribution in [-0.2, 0) is 0 Å². The van der Waals surface area contributed by atoms with Crippen LogP contribution in [0.15, 0.2) is 42.6 Å². The van der Waals surface area contributed by atoms with Gasteiger partial charge in [-0.2, -0.15) is 9.78 Å². The summed E-state index contributed by atoms with van der Waals surface area (Å²) in [5.41, 5.74) is 1.70. The zero-order valence-corrected chi connectivity index (χ0v) is 13.8. The van der Waals surface area contributed by atoms with Crippen molar-refractivity contribution < 1.29 is 4.79 Å². The Morgan fingerprint density at radius 2 is 1.86 bits per heavy atom. The van der Waals surface area contributed by atoms with Crippen LogP contribution in [0, 0.1) is 0 Å². The Hall–Kier alpha value is -1.40. The second kappa shape index (κ2) is 8.14. The number of anilines is 1. The number of para-hydroxylation sites is 1. The molecule has 0 aliphatic carbocycles. The van der Waals surface area contributed by atoms with Crippen molar-refractivity contribution in [3.05, 3.63) is 48.3 Å². The van der Waals surface area contributed by atoms with E-state index in [0.29, 0.717) is 0 Å². The Labute approximate surface area is 133 Å². The average Bonchev–Trinajstić information content (AvgIpc) is 2.97. The summed E-state index contributed by atoms with van der Waals surface area (Å²) in [6.45, 7) is 4.25. The van der Waals surface area contributed by atoms with Crippen LogP contribution in [0.3, 0.4) is 0 Å². The fourth-order valence-corrected chi connectivity index (χ4v) is 4.39. The maximum atomic E-state index is 12.4. The molecular weight excluding hydrogens is 302 g/mol. The summed E-state index contributed by atoms with van der Waals surface area (Å²) in [5.74, 6) is 2.01. The lowest BCUT2D eigenvalue weighted by Gasteiger charge is -2.16. The molecule has 1 amide bonds. The van der Waals surface area contributed by atoms with E-state index >= 15 is 0 Å². The summed E-state index contributed by atoms with van der Waals surface area (Å²) in [5, 5.41) is 7.04. The van der Waals surface area contributed by atoms with Gasteiger partial charge in [0.05, 0.1) is 10.3 Å². The van der Waals surface area contributed by atoms with E-state index in [4.69, 9.17) is 0 Å². The van der Waals surface area contributed by atoms with E-state index in [0.717, 1.165) is 22.9 Å². The van der Waals surface area contributed by atoms with Gasteiger partial charge >= 0.3 is 6.03 Å². The van der Waals surface area contributed by atoms with Gasteiger partial charge in [0.25, 0.3) is 0 Å². The number of carbonyl (C=O) groups is 1. The molecule has 0 radical (unpaired) electrons. The summed E-state index contributed by atoms with van der Waals surface area (Å²) >= 11 is 3.64. The number of carbonyl (C=O) groups excluding carboxylic acids is 1. The second-order valence-electron chi connectivity index (χ2n) is 4.21. The summed E-state index contributed by atoms with van der Waals surface area (Å²) in [6, 6.07) is 11.1. The molecule has 0 saturated heterocycles. The van der Waals surface area contributed by atoms with Crippen molar-refractivity contribution in [3.8, 4) is 0 Å². The van der Waals surface area contributed by atoms with Gasteiger partial charge in [-0.1, -0.05) is 32.0 Å². The van der Waals surface area contributed by atoms with Gasteiger partial charge in [0, 0.05) is 11.9 Å². The highest BCUT2D eigenvalue weighted by Gasteiger charge is 2.19. The molecule has 0 spiro atoms. The van der Waals surface area contributed by atoms with Gasteiger partial charge < -0.3 is 5.32 Å². The molecule has 1 heterocycles. The van der Waals surface area contributed by atoms with Gasteiger partial charge in [-0.25, -0.2) is 4.79 Å². The molecule has 1 aromatic heterocycles.